The van der Waals surface area contributed by atoms with Crippen LogP contribution in [0.4, 0.5) is 0 Å². The van der Waals surface area contributed by atoms with Crippen molar-refractivity contribution in [3.05, 3.63) is 0 Å². The lowest BCUT2D eigenvalue weighted by Crippen LogP contribution is -2.28. The van der Waals surface area contributed by atoms with Gasteiger partial charge in [0.25, 0.3) is 0 Å². The zero-order valence-electron chi connectivity index (χ0n) is 7.90. The maximum absolute atomic E-state index is 3.52. The normalized spacial score (nSPS) is 18.8. The number of hydrogen-bond acceptors (Lipinski definition) is 1. The molecule has 1 aliphatic carbocycles. The molecule has 1 rings (SSSR count). The van der Waals surface area contributed by atoms with Gasteiger partial charge in [-0.05, 0) is 44.2 Å². The van der Waals surface area contributed by atoms with Crippen molar-refractivity contribution in [1.82, 2.24) is 5.32 Å². The topological polar surface area (TPSA) is 12.0 Å². The monoisotopic (exact) mass is 155 g/mol. The number of rotatable bonds is 5. The van der Waals surface area contributed by atoms with Gasteiger partial charge in [-0.15, -0.1) is 0 Å². The largest absolute Gasteiger partial charge is 0.316 e. The Bertz CT molecular complexity index is 95.0. The molecule has 0 bridgehead atoms. The average Bonchev–Trinajstić information content (AvgIpc) is 1.82. The van der Waals surface area contributed by atoms with Crippen LogP contribution in [0.5, 0.6) is 0 Å². The third-order valence-electron chi connectivity index (χ3n) is 2.56. The SMILES string of the molecule is CC(C)CCNCC1CCC1. The van der Waals surface area contributed by atoms with E-state index in [-0.39, 0.29) is 0 Å². The highest BCUT2D eigenvalue weighted by molar-refractivity contribution is 4.71. The molecule has 0 spiro atoms. The molecular formula is C10H21N. The van der Waals surface area contributed by atoms with Crippen LogP contribution in [-0.4, -0.2) is 13.1 Å². The predicted molar refractivity (Wildman–Crippen MR) is 49.7 cm³/mol. The highest BCUT2D eigenvalue weighted by Crippen LogP contribution is 2.25. The molecule has 1 saturated carbocycles. The van der Waals surface area contributed by atoms with Gasteiger partial charge in [-0.1, -0.05) is 20.3 Å². The van der Waals surface area contributed by atoms with Crippen LogP contribution < -0.4 is 5.32 Å². The van der Waals surface area contributed by atoms with E-state index in [1.165, 1.54) is 38.8 Å². The molecule has 1 aliphatic rings. The number of hydrogen-bond donors (Lipinski definition) is 1. The van der Waals surface area contributed by atoms with Gasteiger partial charge in [0.1, 0.15) is 0 Å². The van der Waals surface area contributed by atoms with E-state index in [4.69, 9.17) is 0 Å². The Morgan fingerprint density at radius 2 is 2.09 bits per heavy atom. The summed E-state index contributed by atoms with van der Waals surface area (Å²) < 4.78 is 0. The van der Waals surface area contributed by atoms with Crippen molar-refractivity contribution in [1.29, 1.82) is 0 Å². The van der Waals surface area contributed by atoms with E-state index < -0.39 is 0 Å². The van der Waals surface area contributed by atoms with Gasteiger partial charge in [-0.2, -0.15) is 0 Å². The highest BCUT2D eigenvalue weighted by atomic mass is 14.9. The van der Waals surface area contributed by atoms with E-state index in [1.54, 1.807) is 0 Å². The average molecular weight is 155 g/mol. The summed E-state index contributed by atoms with van der Waals surface area (Å²) in [5.74, 6) is 1.87. The summed E-state index contributed by atoms with van der Waals surface area (Å²) in [7, 11) is 0. The molecule has 1 heteroatoms. The van der Waals surface area contributed by atoms with Crippen LogP contribution in [0.2, 0.25) is 0 Å². The number of nitrogens with one attached hydrogen (secondary N) is 1. The maximum Gasteiger partial charge on any atom is -0.00205 e. The molecule has 11 heavy (non-hydrogen) atoms. The van der Waals surface area contributed by atoms with Gasteiger partial charge < -0.3 is 5.32 Å². The molecule has 0 aliphatic heterocycles. The molecule has 0 amide bonds. The third-order valence-corrected chi connectivity index (χ3v) is 2.56. The summed E-state index contributed by atoms with van der Waals surface area (Å²) in [4.78, 5) is 0. The Morgan fingerprint density at radius 3 is 2.55 bits per heavy atom. The Kier molecular flexibility index (Phi) is 3.92. The first-order chi connectivity index (χ1) is 5.29. The van der Waals surface area contributed by atoms with E-state index in [2.05, 4.69) is 19.2 Å². The lowest BCUT2D eigenvalue weighted by molar-refractivity contribution is 0.299. The van der Waals surface area contributed by atoms with Gasteiger partial charge in [-0.25, -0.2) is 0 Å². The minimum Gasteiger partial charge on any atom is -0.316 e. The smallest absolute Gasteiger partial charge is 0.00205 e. The summed E-state index contributed by atoms with van der Waals surface area (Å²) in [5, 5.41) is 3.52. The van der Waals surface area contributed by atoms with Crippen molar-refractivity contribution in [2.45, 2.75) is 39.5 Å². The lowest BCUT2D eigenvalue weighted by Gasteiger charge is -2.25. The molecule has 0 aromatic heterocycles. The Labute approximate surface area is 70.6 Å². The summed E-state index contributed by atoms with van der Waals surface area (Å²) in [5.41, 5.74) is 0. The standard InChI is InChI=1S/C10H21N/c1-9(2)6-7-11-8-10-4-3-5-10/h9-11H,3-8H2,1-2H3. The van der Waals surface area contributed by atoms with Gasteiger partial charge in [-0.3, -0.25) is 0 Å². The van der Waals surface area contributed by atoms with Crippen molar-refractivity contribution in [2.75, 3.05) is 13.1 Å². The molecule has 0 radical (unpaired) electrons. The van der Waals surface area contributed by atoms with E-state index in [1.807, 2.05) is 0 Å². The van der Waals surface area contributed by atoms with Crippen LogP contribution in [0.1, 0.15) is 39.5 Å². The molecule has 0 unspecified atom stereocenters. The molecule has 0 aromatic carbocycles. The molecule has 0 saturated heterocycles. The van der Waals surface area contributed by atoms with Gasteiger partial charge in [0, 0.05) is 0 Å². The zero-order valence-corrected chi connectivity index (χ0v) is 7.90. The summed E-state index contributed by atoms with van der Waals surface area (Å²) in [6, 6.07) is 0. The first kappa shape index (κ1) is 9.05. The van der Waals surface area contributed by atoms with E-state index in [9.17, 15) is 0 Å². The Hall–Kier alpha value is -0.0400. The van der Waals surface area contributed by atoms with Crippen LogP contribution in [0, 0.1) is 11.8 Å². The molecule has 0 atom stereocenters. The highest BCUT2D eigenvalue weighted by Gasteiger charge is 2.15. The van der Waals surface area contributed by atoms with Crippen LogP contribution in [0.3, 0.4) is 0 Å². The van der Waals surface area contributed by atoms with Gasteiger partial charge in [0.05, 0.1) is 0 Å². The van der Waals surface area contributed by atoms with Crippen molar-refractivity contribution < 1.29 is 0 Å². The second-order valence-electron chi connectivity index (χ2n) is 4.18. The Morgan fingerprint density at radius 1 is 1.36 bits per heavy atom. The third kappa shape index (κ3) is 3.76. The summed E-state index contributed by atoms with van der Waals surface area (Å²) in [6.45, 7) is 7.05. The molecule has 0 heterocycles. The Balaban J connectivity index is 1.80. The molecule has 1 nitrogen and oxygen atoms in total. The molecular weight excluding hydrogens is 134 g/mol. The van der Waals surface area contributed by atoms with Crippen molar-refractivity contribution in [2.24, 2.45) is 11.8 Å². The summed E-state index contributed by atoms with van der Waals surface area (Å²) in [6.07, 6.45) is 5.73. The minimum atomic E-state index is 0.851. The fraction of sp³-hybridized carbons (Fsp3) is 1.00. The van der Waals surface area contributed by atoms with Crippen LogP contribution in [0.25, 0.3) is 0 Å². The molecule has 1 fully saturated rings. The quantitative estimate of drug-likeness (QED) is 0.601. The molecule has 0 aromatic rings. The first-order valence-electron chi connectivity index (χ1n) is 4.99. The van der Waals surface area contributed by atoms with Crippen molar-refractivity contribution in [3.63, 3.8) is 0 Å². The van der Waals surface area contributed by atoms with Gasteiger partial charge >= 0.3 is 0 Å². The summed E-state index contributed by atoms with van der Waals surface area (Å²) >= 11 is 0. The minimum absolute atomic E-state index is 0.851. The van der Waals surface area contributed by atoms with Crippen LogP contribution in [-0.2, 0) is 0 Å². The van der Waals surface area contributed by atoms with Gasteiger partial charge in [0.15, 0.2) is 0 Å². The molecule has 66 valence electrons. The fourth-order valence-electron chi connectivity index (χ4n) is 1.39. The van der Waals surface area contributed by atoms with E-state index in [0.29, 0.717) is 0 Å². The predicted octanol–water partition coefficient (Wildman–Crippen LogP) is 2.42. The lowest BCUT2D eigenvalue weighted by atomic mass is 9.85. The first-order valence-corrected chi connectivity index (χ1v) is 4.99. The second kappa shape index (κ2) is 4.76. The van der Waals surface area contributed by atoms with Gasteiger partial charge in [0.2, 0.25) is 0 Å². The second-order valence-corrected chi connectivity index (χ2v) is 4.18. The van der Waals surface area contributed by atoms with Crippen LogP contribution >= 0.6 is 0 Å². The van der Waals surface area contributed by atoms with Crippen LogP contribution in [0.15, 0.2) is 0 Å². The zero-order chi connectivity index (χ0) is 8.10. The van der Waals surface area contributed by atoms with Crippen molar-refractivity contribution >= 4 is 0 Å². The fourth-order valence-corrected chi connectivity index (χ4v) is 1.39. The van der Waals surface area contributed by atoms with E-state index >= 15 is 0 Å². The van der Waals surface area contributed by atoms with Crippen molar-refractivity contribution in [3.8, 4) is 0 Å². The van der Waals surface area contributed by atoms with E-state index in [0.717, 1.165) is 11.8 Å². The maximum atomic E-state index is 3.52. The molecule has 1 N–H and O–H groups in total.